The van der Waals surface area contributed by atoms with Gasteiger partial charge >= 0.3 is 5.97 Å². The maximum absolute atomic E-state index is 12.0. The molecule has 0 aliphatic rings. The van der Waals surface area contributed by atoms with E-state index in [-0.39, 0.29) is 10.8 Å². The van der Waals surface area contributed by atoms with Crippen molar-refractivity contribution in [3.63, 3.8) is 0 Å². The zero-order valence-electron chi connectivity index (χ0n) is 12.4. The Labute approximate surface area is 142 Å². The molecule has 0 atom stereocenters. The Morgan fingerprint density at radius 3 is 2.75 bits per heavy atom. The molecule has 0 aliphatic heterocycles. The van der Waals surface area contributed by atoms with E-state index in [1.807, 2.05) is 18.2 Å². The lowest BCUT2D eigenvalue weighted by molar-refractivity contribution is -0.119. The maximum Gasteiger partial charge on any atom is 0.357 e. The average molecular weight is 342 g/mol. The highest BCUT2D eigenvalue weighted by Gasteiger charge is 2.13. The number of para-hydroxylation sites is 1. The number of carbonyl (C=O) groups excluding carboxylic acids is 2. The smallest absolute Gasteiger partial charge is 0.357 e. The molecule has 0 saturated heterocycles. The molecule has 0 radical (unpaired) electrons. The molecule has 0 aliphatic carbocycles. The predicted molar refractivity (Wildman–Crippen MR) is 89.9 cm³/mol. The summed E-state index contributed by atoms with van der Waals surface area (Å²) in [5, 5.41) is 3.59. The van der Waals surface area contributed by atoms with Gasteiger partial charge in [-0.2, -0.15) is 0 Å². The number of anilines is 1. The van der Waals surface area contributed by atoms with Crippen LogP contribution >= 0.6 is 11.6 Å². The molecule has 2 heterocycles. The minimum absolute atomic E-state index is 0.140. The first-order chi connectivity index (χ1) is 11.6. The van der Waals surface area contributed by atoms with Crippen LogP contribution in [0.1, 0.15) is 10.5 Å². The highest BCUT2D eigenvalue weighted by molar-refractivity contribution is 6.32. The molecule has 0 fully saturated rings. The van der Waals surface area contributed by atoms with E-state index in [1.165, 1.54) is 6.20 Å². The number of rotatable bonds is 4. The van der Waals surface area contributed by atoms with Gasteiger partial charge in [0.1, 0.15) is 5.69 Å². The summed E-state index contributed by atoms with van der Waals surface area (Å²) in [7, 11) is 0. The Hall–Kier alpha value is -2.99. The van der Waals surface area contributed by atoms with Gasteiger partial charge in [0.25, 0.3) is 5.91 Å². The third-order valence-electron chi connectivity index (χ3n) is 3.18. The number of aromatic nitrogens is 2. The van der Waals surface area contributed by atoms with Crippen molar-refractivity contribution in [2.75, 3.05) is 11.9 Å². The number of pyridine rings is 2. The summed E-state index contributed by atoms with van der Waals surface area (Å²) in [5.74, 6) is -1.19. The largest absolute Gasteiger partial charge is 0.451 e. The fraction of sp³-hybridized carbons (Fsp3) is 0.0588. The number of ether oxygens (including phenoxy) is 1. The zero-order valence-corrected chi connectivity index (χ0v) is 13.2. The summed E-state index contributed by atoms with van der Waals surface area (Å²) < 4.78 is 4.97. The third kappa shape index (κ3) is 3.67. The second-order valence-electron chi connectivity index (χ2n) is 4.86. The van der Waals surface area contributed by atoms with Gasteiger partial charge in [-0.25, -0.2) is 14.8 Å². The normalized spacial score (nSPS) is 10.4. The Bertz CT molecular complexity index is 914. The lowest BCUT2D eigenvalue weighted by atomic mass is 10.2. The van der Waals surface area contributed by atoms with Gasteiger partial charge in [-0.3, -0.25) is 4.79 Å². The third-order valence-corrected chi connectivity index (χ3v) is 3.48. The quantitative estimate of drug-likeness (QED) is 0.582. The molecular formula is C17H12ClN3O3. The first-order valence-electron chi connectivity index (χ1n) is 7.07. The van der Waals surface area contributed by atoms with Crippen LogP contribution in [0.25, 0.3) is 10.9 Å². The van der Waals surface area contributed by atoms with Crippen molar-refractivity contribution in [1.29, 1.82) is 0 Å². The van der Waals surface area contributed by atoms with Crippen LogP contribution in [0.15, 0.2) is 54.7 Å². The number of fused-ring (bicyclic) bond motifs is 1. The number of hydrogen-bond acceptors (Lipinski definition) is 5. The lowest BCUT2D eigenvalue weighted by Crippen LogP contribution is -2.21. The van der Waals surface area contributed by atoms with Gasteiger partial charge < -0.3 is 10.1 Å². The van der Waals surface area contributed by atoms with E-state index in [9.17, 15) is 9.59 Å². The number of carbonyl (C=O) groups is 2. The summed E-state index contributed by atoms with van der Waals surface area (Å²) in [6, 6.07) is 14.0. The summed E-state index contributed by atoms with van der Waals surface area (Å²) in [6.45, 7) is -0.446. The van der Waals surface area contributed by atoms with Crippen molar-refractivity contribution in [3.8, 4) is 0 Å². The van der Waals surface area contributed by atoms with Crippen LogP contribution in [0, 0.1) is 0 Å². The van der Waals surface area contributed by atoms with Crippen molar-refractivity contribution >= 4 is 40.1 Å². The molecule has 1 amide bonds. The van der Waals surface area contributed by atoms with Crippen molar-refractivity contribution in [1.82, 2.24) is 9.97 Å². The van der Waals surface area contributed by atoms with Crippen LogP contribution in [-0.2, 0) is 9.53 Å². The lowest BCUT2D eigenvalue weighted by Gasteiger charge is -2.07. The van der Waals surface area contributed by atoms with E-state index in [0.717, 1.165) is 5.39 Å². The monoisotopic (exact) mass is 341 g/mol. The number of nitrogens with one attached hydrogen (secondary N) is 1. The Balaban J connectivity index is 1.62. The number of amides is 1. The molecule has 0 saturated carbocycles. The molecule has 1 aromatic carbocycles. The highest BCUT2D eigenvalue weighted by Crippen LogP contribution is 2.17. The van der Waals surface area contributed by atoms with Gasteiger partial charge in [0, 0.05) is 11.6 Å². The number of hydrogen-bond donors (Lipinski definition) is 1. The standard InChI is InChI=1S/C17H12ClN3O3/c18-16-13(6-3-9-19-16)21-15(22)10-24-17(23)14-8-7-11-4-1-2-5-12(11)20-14/h1-9H,10H2,(H,21,22). The molecule has 0 spiro atoms. The van der Waals surface area contributed by atoms with Crippen LogP contribution in [0.3, 0.4) is 0 Å². The summed E-state index contributed by atoms with van der Waals surface area (Å²) in [6.07, 6.45) is 1.50. The molecule has 7 heteroatoms. The first kappa shape index (κ1) is 15.9. The van der Waals surface area contributed by atoms with Gasteiger partial charge in [0.15, 0.2) is 11.8 Å². The van der Waals surface area contributed by atoms with Gasteiger partial charge in [-0.1, -0.05) is 35.9 Å². The number of esters is 1. The minimum atomic E-state index is -0.673. The molecule has 1 N–H and O–H groups in total. The molecule has 3 rings (SSSR count). The average Bonchev–Trinajstić information content (AvgIpc) is 2.61. The fourth-order valence-corrected chi connectivity index (χ4v) is 2.22. The van der Waals surface area contributed by atoms with Crippen LogP contribution in [0.2, 0.25) is 5.15 Å². The fourth-order valence-electron chi connectivity index (χ4n) is 2.05. The molecule has 24 heavy (non-hydrogen) atoms. The molecule has 3 aromatic rings. The zero-order chi connectivity index (χ0) is 16.9. The maximum atomic E-state index is 12.0. The van der Waals surface area contributed by atoms with Crippen molar-refractivity contribution in [3.05, 3.63) is 65.6 Å². The number of benzene rings is 1. The van der Waals surface area contributed by atoms with Gasteiger partial charge in [-0.15, -0.1) is 0 Å². The molecule has 0 bridgehead atoms. The van der Waals surface area contributed by atoms with E-state index in [1.54, 1.807) is 30.3 Å². The molecule has 0 unspecified atom stereocenters. The second-order valence-corrected chi connectivity index (χ2v) is 5.21. The SMILES string of the molecule is O=C(COC(=O)c1ccc2ccccc2n1)Nc1cccnc1Cl. The van der Waals surface area contributed by atoms with E-state index in [2.05, 4.69) is 15.3 Å². The summed E-state index contributed by atoms with van der Waals surface area (Å²) in [5.41, 5.74) is 1.17. The Kier molecular flexibility index (Phi) is 4.67. The van der Waals surface area contributed by atoms with Crippen LogP contribution in [0.5, 0.6) is 0 Å². The van der Waals surface area contributed by atoms with E-state index >= 15 is 0 Å². The number of nitrogens with zero attached hydrogens (tertiary/aromatic N) is 2. The van der Waals surface area contributed by atoms with E-state index in [4.69, 9.17) is 16.3 Å². The van der Waals surface area contributed by atoms with Crippen LogP contribution in [-0.4, -0.2) is 28.5 Å². The summed E-state index contributed by atoms with van der Waals surface area (Å²) in [4.78, 5) is 31.9. The summed E-state index contributed by atoms with van der Waals surface area (Å²) >= 11 is 5.84. The van der Waals surface area contributed by atoms with E-state index < -0.39 is 18.5 Å². The topological polar surface area (TPSA) is 81.2 Å². The van der Waals surface area contributed by atoms with Crippen LogP contribution in [0.4, 0.5) is 5.69 Å². The Morgan fingerprint density at radius 1 is 1.08 bits per heavy atom. The van der Waals surface area contributed by atoms with E-state index in [0.29, 0.717) is 11.2 Å². The highest BCUT2D eigenvalue weighted by atomic mass is 35.5. The number of halogens is 1. The predicted octanol–water partition coefficient (Wildman–Crippen LogP) is 3.08. The molecule has 120 valence electrons. The van der Waals surface area contributed by atoms with Crippen molar-refractivity contribution < 1.29 is 14.3 Å². The Morgan fingerprint density at radius 2 is 1.92 bits per heavy atom. The minimum Gasteiger partial charge on any atom is -0.451 e. The molecule has 2 aromatic heterocycles. The van der Waals surface area contributed by atoms with Crippen molar-refractivity contribution in [2.45, 2.75) is 0 Å². The second kappa shape index (κ2) is 7.06. The van der Waals surface area contributed by atoms with Gasteiger partial charge in [0.2, 0.25) is 0 Å². The first-order valence-corrected chi connectivity index (χ1v) is 7.44. The van der Waals surface area contributed by atoms with Crippen LogP contribution < -0.4 is 5.32 Å². The molecular weight excluding hydrogens is 330 g/mol. The molecule has 6 nitrogen and oxygen atoms in total. The van der Waals surface area contributed by atoms with Gasteiger partial charge in [0.05, 0.1) is 11.2 Å². The van der Waals surface area contributed by atoms with Gasteiger partial charge in [-0.05, 0) is 24.3 Å². The van der Waals surface area contributed by atoms with Crippen molar-refractivity contribution in [2.24, 2.45) is 0 Å².